The van der Waals surface area contributed by atoms with Crippen LogP contribution in [0.2, 0.25) is 0 Å². The molecular weight excluding hydrogens is 226 g/mol. The lowest BCUT2D eigenvalue weighted by Crippen LogP contribution is -2.34. The van der Waals surface area contributed by atoms with E-state index in [2.05, 4.69) is 22.5 Å². The third-order valence-electron chi connectivity index (χ3n) is 2.97. The predicted octanol–water partition coefficient (Wildman–Crippen LogP) is 1.42. The van der Waals surface area contributed by atoms with Crippen LogP contribution in [0.15, 0.2) is 42.7 Å². The van der Waals surface area contributed by atoms with E-state index in [-0.39, 0.29) is 0 Å². The van der Waals surface area contributed by atoms with Gasteiger partial charge in [-0.2, -0.15) is 5.10 Å². The van der Waals surface area contributed by atoms with Gasteiger partial charge in [-0.3, -0.25) is 4.68 Å². The summed E-state index contributed by atoms with van der Waals surface area (Å²) in [5, 5.41) is 17.7. The van der Waals surface area contributed by atoms with Crippen molar-refractivity contribution >= 4 is 0 Å². The number of aliphatic hydroxyl groups is 1. The monoisotopic (exact) mass is 245 g/mol. The minimum atomic E-state index is -0.900. The molecule has 1 unspecified atom stereocenters. The van der Waals surface area contributed by atoms with Gasteiger partial charge in [0, 0.05) is 31.9 Å². The van der Waals surface area contributed by atoms with E-state index in [0.717, 1.165) is 12.1 Å². The largest absolute Gasteiger partial charge is 0.384 e. The van der Waals surface area contributed by atoms with Gasteiger partial charge in [0.05, 0.1) is 6.20 Å². The summed E-state index contributed by atoms with van der Waals surface area (Å²) in [6.07, 6.45) is 3.54. The molecule has 1 atom stereocenters. The highest BCUT2D eigenvalue weighted by Gasteiger charge is 2.23. The predicted molar refractivity (Wildman–Crippen MR) is 70.9 cm³/mol. The average molecular weight is 245 g/mol. The maximum Gasteiger partial charge on any atom is 0.102 e. The topological polar surface area (TPSA) is 50.1 Å². The number of nitrogens with one attached hydrogen (secondary N) is 1. The van der Waals surface area contributed by atoms with E-state index in [1.165, 1.54) is 5.56 Å². The van der Waals surface area contributed by atoms with Crippen LogP contribution < -0.4 is 5.32 Å². The van der Waals surface area contributed by atoms with Crippen molar-refractivity contribution in [3.05, 3.63) is 53.9 Å². The molecule has 0 spiro atoms. The lowest BCUT2D eigenvalue weighted by Gasteiger charge is -2.22. The average Bonchev–Trinajstić information content (AvgIpc) is 2.78. The summed E-state index contributed by atoms with van der Waals surface area (Å²) < 4.78 is 1.70. The SMILES string of the molecule is Cn1cc(C(C)(O)CNCc2ccccc2)cn1. The van der Waals surface area contributed by atoms with Gasteiger partial charge in [0.1, 0.15) is 5.60 Å². The maximum absolute atomic E-state index is 10.4. The summed E-state index contributed by atoms with van der Waals surface area (Å²) in [6, 6.07) is 10.1. The normalized spacial score (nSPS) is 14.4. The van der Waals surface area contributed by atoms with Gasteiger partial charge in [0.25, 0.3) is 0 Å². The smallest absolute Gasteiger partial charge is 0.102 e. The summed E-state index contributed by atoms with van der Waals surface area (Å²) in [6.45, 7) is 3.03. The Morgan fingerprint density at radius 2 is 2.06 bits per heavy atom. The van der Waals surface area contributed by atoms with Crippen molar-refractivity contribution in [3.8, 4) is 0 Å². The van der Waals surface area contributed by atoms with Crippen LogP contribution in [0.5, 0.6) is 0 Å². The van der Waals surface area contributed by atoms with Gasteiger partial charge in [-0.25, -0.2) is 0 Å². The Bertz CT molecular complexity index is 491. The molecule has 1 aromatic carbocycles. The molecular formula is C14H19N3O. The van der Waals surface area contributed by atoms with Gasteiger partial charge < -0.3 is 10.4 Å². The number of aromatic nitrogens is 2. The van der Waals surface area contributed by atoms with Crippen LogP contribution in [0, 0.1) is 0 Å². The lowest BCUT2D eigenvalue weighted by molar-refractivity contribution is 0.0566. The van der Waals surface area contributed by atoms with E-state index in [0.29, 0.717) is 6.54 Å². The minimum absolute atomic E-state index is 0.494. The van der Waals surface area contributed by atoms with Gasteiger partial charge in [0.15, 0.2) is 0 Å². The standard InChI is InChI=1S/C14H19N3O/c1-14(18,13-9-16-17(2)10-13)11-15-8-12-6-4-3-5-7-12/h3-7,9-10,15,18H,8,11H2,1-2H3. The van der Waals surface area contributed by atoms with Crippen LogP contribution >= 0.6 is 0 Å². The summed E-state index contributed by atoms with van der Waals surface area (Å²) in [5.41, 5.74) is 1.13. The zero-order valence-electron chi connectivity index (χ0n) is 10.8. The van der Waals surface area contributed by atoms with Crippen molar-refractivity contribution in [1.82, 2.24) is 15.1 Å². The van der Waals surface area contributed by atoms with Crippen LogP contribution in [0.1, 0.15) is 18.1 Å². The van der Waals surface area contributed by atoms with E-state index < -0.39 is 5.60 Å². The molecule has 1 aromatic heterocycles. The summed E-state index contributed by atoms with van der Waals surface area (Å²) in [4.78, 5) is 0. The van der Waals surface area contributed by atoms with E-state index in [4.69, 9.17) is 0 Å². The minimum Gasteiger partial charge on any atom is -0.384 e. The number of nitrogens with zero attached hydrogens (tertiary/aromatic N) is 2. The molecule has 0 bridgehead atoms. The highest BCUT2D eigenvalue weighted by Crippen LogP contribution is 2.18. The van der Waals surface area contributed by atoms with Crippen LogP contribution in [0.3, 0.4) is 0 Å². The summed E-state index contributed by atoms with van der Waals surface area (Å²) in [7, 11) is 1.84. The van der Waals surface area contributed by atoms with Crippen LogP contribution in [0.4, 0.5) is 0 Å². The zero-order chi connectivity index (χ0) is 13.0. The molecule has 96 valence electrons. The summed E-state index contributed by atoms with van der Waals surface area (Å²) in [5.74, 6) is 0. The molecule has 4 nitrogen and oxygen atoms in total. The molecule has 1 heterocycles. The molecule has 0 aliphatic heterocycles. The molecule has 4 heteroatoms. The molecule has 0 aliphatic rings. The van der Waals surface area contributed by atoms with Crippen molar-refractivity contribution in [2.24, 2.45) is 7.05 Å². The number of hydrogen-bond donors (Lipinski definition) is 2. The number of hydrogen-bond acceptors (Lipinski definition) is 3. The first kappa shape index (κ1) is 12.8. The molecule has 0 saturated heterocycles. The van der Waals surface area contributed by atoms with E-state index >= 15 is 0 Å². The van der Waals surface area contributed by atoms with Crippen molar-refractivity contribution in [2.45, 2.75) is 19.1 Å². The number of benzene rings is 1. The Kier molecular flexibility index (Phi) is 3.79. The fourth-order valence-corrected chi connectivity index (χ4v) is 1.85. The van der Waals surface area contributed by atoms with Crippen molar-refractivity contribution < 1.29 is 5.11 Å². The van der Waals surface area contributed by atoms with Crippen LogP contribution in [-0.4, -0.2) is 21.4 Å². The Morgan fingerprint density at radius 3 is 2.67 bits per heavy atom. The Hall–Kier alpha value is -1.65. The number of aryl methyl sites for hydroxylation is 1. The fraction of sp³-hybridized carbons (Fsp3) is 0.357. The molecule has 0 amide bonds. The van der Waals surface area contributed by atoms with Gasteiger partial charge >= 0.3 is 0 Å². The summed E-state index contributed by atoms with van der Waals surface area (Å²) >= 11 is 0. The first-order valence-electron chi connectivity index (χ1n) is 6.04. The molecule has 2 N–H and O–H groups in total. The second kappa shape index (κ2) is 5.33. The van der Waals surface area contributed by atoms with Gasteiger partial charge in [-0.15, -0.1) is 0 Å². The zero-order valence-corrected chi connectivity index (χ0v) is 10.8. The highest BCUT2D eigenvalue weighted by atomic mass is 16.3. The lowest BCUT2D eigenvalue weighted by atomic mass is 9.99. The first-order valence-corrected chi connectivity index (χ1v) is 6.04. The maximum atomic E-state index is 10.4. The molecule has 0 saturated carbocycles. The van der Waals surface area contributed by atoms with Gasteiger partial charge in [0.2, 0.25) is 0 Å². The Labute approximate surface area is 107 Å². The first-order chi connectivity index (χ1) is 8.58. The van der Waals surface area contributed by atoms with E-state index in [1.807, 2.05) is 31.4 Å². The fourth-order valence-electron chi connectivity index (χ4n) is 1.85. The van der Waals surface area contributed by atoms with E-state index in [1.54, 1.807) is 17.8 Å². The van der Waals surface area contributed by atoms with Crippen molar-refractivity contribution in [3.63, 3.8) is 0 Å². The third-order valence-corrected chi connectivity index (χ3v) is 2.97. The molecule has 0 fully saturated rings. The second-order valence-corrected chi connectivity index (χ2v) is 4.77. The second-order valence-electron chi connectivity index (χ2n) is 4.77. The highest BCUT2D eigenvalue weighted by molar-refractivity contribution is 5.16. The molecule has 18 heavy (non-hydrogen) atoms. The molecule has 2 aromatic rings. The quantitative estimate of drug-likeness (QED) is 0.837. The van der Waals surface area contributed by atoms with Crippen molar-refractivity contribution in [2.75, 3.05) is 6.54 Å². The van der Waals surface area contributed by atoms with Crippen molar-refractivity contribution in [1.29, 1.82) is 0 Å². The van der Waals surface area contributed by atoms with E-state index in [9.17, 15) is 5.11 Å². The Morgan fingerprint density at radius 1 is 1.33 bits per heavy atom. The molecule has 0 radical (unpaired) electrons. The number of rotatable bonds is 5. The van der Waals surface area contributed by atoms with Crippen LogP contribution in [0.25, 0.3) is 0 Å². The van der Waals surface area contributed by atoms with Crippen LogP contribution in [-0.2, 0) is 19.2 Å². The molecule has 2 rings (SSSR count). The third kappa shape index (κ3) is 3.18. The molecule has 0 aliphatic carbocycles. The van der Waals surface area contributed by atoms with Gasteiger partial charge in [-0.1, -0.05) is 30.3 Å². The van der Waals surface area contributed by atoms with Gasteiger partial charge in [-0.05, 0) is 12.5 Å². The Balaban J connectivity index is 1.89.